The number of aliphatic hydroxyl groups excluding tert-OH is 1. The summed E-state index contributed by atoms with van der Waals surface area (Å²) in [6.07, 6.45) is 6.07. The summed E-state index contributed by atoms with van der Waals surface area (Å²) >= 11 is 0. The molecule has 1 fully saturated rings. The van der Waals surface area contributed by atoms with Gasteiger partial charge in [0.1, 0.15) is 5.75 Å². The molecule has 2 aliphatic carbocycles. The predicted octanol–water partition coefficient (Wildman–Crippen LogP) is 5.24. The fraction of sp³-hybridized carbons (Fsp3) is 0.652. The molecule has 1 saturated carbocycles. The molecule has 3 rings (SSSR count). The zero-order chi connectivity index (χ0) is 20.0. The number of ether oxygens (including phenoxy) is 2. The molecule has 0 spiro atoms. The number of allylic oxidation sites excluding steroid dienone is 1. The lowest BCUT2D eigenvalue weighted by molar-refractivity contribution is -0.0766. The molecular formula is C23H34O4. The van der Waals surface area contributed by atoms with E-state index in [4.69, 9.17) is 9.47 Å². The first-order chi connectivity index (χ1) is 12.7. The SMILES string of the molecule is COc1cc(O)c(C(O)C2C(C)=CC[C@H]3C(C)(C)CCC[C@]23C)cc1OC. The van der Waals surface area contributed by atoms with Gasteiger partial charge in [0.2, 0.25) is 0 Å². The van der Waals surface area contributed by atoms with Gasteiger partial charge in [0.15, 0.2) is 11.5 Å². The minimum Gasteiger partial charge on any atom is -0.507 e. The maximum Gasteiger partial charge on any atom is 0.164 e. The first-order valence-corrected chi connectivity index (χ1v) is 9.95. The molecule has 0 bridgehead atoms. The van der Waals surface area contributed by atoms with E-state index in [1.807, 2.05) is 0 Å². The number of phenolic OH excluding ortho intramolecular Hbond substituents is 1. The minimum atomic E-state index is -0.789. The third-order valence-corrected chi connectivity index (χ3v) is 7.32. The summed E-state index contributed by atoms with van der Waals surface area (Å²) in [6.45, 7) is 9.18. The van der Waals surface area contributed by atoms with Crippen molar-refractivity contribution in [3.8, 4) is 17.2 Å². The number of aromatic hydroxyl groups is 1. The van der Waals surface area contributed by atoms with Gasteiger partial charge in [0.25, 0.3) is 0 Å². The van der Waals surface area contributed by atoms with E-state index >= 15 is 0 Å². The number of fused-ring (bicyclic) bond motifs is 1. The van der Waals surface area contributed by atoms with Crippen LogP contribution >= 0.6 is 0 Å². The van der Waals surface area contributed by atoms with E-state index in [2.05, 4.69) is 33.8 Å². The lowest BCUT2D eigenvalue weighted by atomic mass is 9.47. The molecule has 0 radical (unpaired) electrons. The van der Waals surface area contributed by atoms with Gasteiger partial charge in [-0.05, 0) is 49.0 Å². The Morgan fingerprint density at radius 3 is 2.33 bits per heavy atom. The first kappa shape index (κ1) is 20.1. The summed E-state index contributed by atoms with van der Waals surface area (Å²) in [5.41, 5.74) is 1.98. The van der Waals surface area contributed by atoms with Crippen LogP contribution in [0.25, 0.3) is 0 Å². The molecular weight excluding hydrogens is 340 g/mol. The second-order valence-electron chi connectivity index (χ2n) is 9.27. The highest BCUT2D eigenvalue weighted by Gasteiger charge is 2.54. The molecule has 2 unspecified atom stereocenters. The summed E-state index contributed by atoms with van der Waals surface area (Å²) < 4.78 is 10.7. The van der Waals surface area contributed by atoms with E-state index in [1.54, 1.807) is 13.2 Å². The minimum absolute atomic E-state index is 0.000394. The quantitative estimate of drug-likeness (QED) is 0.708. The molecule has 27 heavy (non-hydrogen) atoms. The van der Waals surface area contributed by atoms with Crippen LogP contribution in [0.4, 0.5) is 0 Å². The van der Waals surface area contributed by atoms with Crippen molar-refractivity contribution in [1.82, 2.24) is 0 Å². The number of hydrogen-bond donors (Lipinski definition) is 2. The Morgan fingerprint density at radius 1 is 1.07 bits per heavy atom. The first-order valence-electron chi connectivity index (χ1n) is 9.95. The van der Waals surface area contributed by atoms with Gasteiger partial charge in [-0.1, -0.05) is 38.8 Å². The lowest BCUT2D eigenvalue weighted by Gasteiger charge is -2.57. The number of phenols is 1. The summed E-state index contributed by atoms with van der Waals surface area (Å²) in [5, 5.41) is 22.1. The number of methoxy groups -OCH3 is 2. The van der Waals surface area contributed by atoms with Crippen molar-refractivity contribution in [2.45, 2.75) is 59.5 Å². The molecule has 4 atom stereocenters. The van der Waals surface area contributed by atoms with Gasteiger partial charge < -0.3 is 19.7 Å². The Hall–Kier alpha value is -1.68. The van der Waals surface area contributed by atoms with E-state index in [0.717, 1.165) is 12.8 Å². The van der Waals surface area contributed by atoms with Crippen LogP contribution in [0.5, 0.6) is 17.2 Å². The molecule has 4 nitrogen and oxygen atoms in total. The Bertz CT molecular complexity index is 736. The Labute approximate surface area is 163 Å². The van der Waals surface area contributed by atoms with Crippen LogP contribution < -0.4 is 9.47 Å². The van der Waals surface area contributed by atoms with Crippen LogP contribution in [0.2, 0.25) is 0 Å². The van der Waals surface area contributed by atoms with Crippen LogP contribution in [-0.4, -0.2) is 24.4 Å². The van der Waals surface area contributed by atoms with Gasteiger partial charge in [0, 0.05) is 17.5 Å². The van der Waals surface area contributed by atoms with Crippen molar-refractivity contribution in [3.05, 3.63) is 29.3 Å². The molecule has 4 heteroatoms. The van der Waals surface area contributed by atoms with Gasteiger partial charge in [0.05, 0.1) is 20.3 Å². The highest BCUT2D eigenvalue weighted by atomic mass is 16.5. The highest BCUT2D eigenvalue weighted by Crippen LogP contribution is 2.62. The molecule has 0 aliphatic heterocycles. The molecule has 0 saturated heterocycles. The Balaban J connectivity index is 2.06. The van der Waals surface area contributed by atoms with Gasteiger partial charge in [-0.15, -0.1) is 0 Å². The van der Waals surface area contributed by atoms with Crippen LogP contribution in [0.3, 0.4) is 0 Å². The number of hydrogen-bond acceptors (Lipinski definition) is 4. The second-order valence-corrected chi connectivity index (χ2v) is 9.27. The average Bonchev–Trinajstić information content (AvgIpc) is 2.59. The summed E-state index contributed by atoms with van der Waals surface area (Å²) in [7, 11) is 3.11. The van der Waals surface area contributed by atoms with E-state index in [-0.39, 0.29) is 22.5 Å². The van der Waals surface area contributed by atoms with Crippen molar-refractivity contribution < 1.29 is 19.7 Å². The van der Waals surface area contributed by atoms with Crippen molar-refractivity contribution in [2.75, 3.05) is 14.2 Å². The van der Waals surface area contributed by atoms with Crippen molar-refractivity contribution in [2.24, 2.45) is 22.7 Å². The fourth-order valence-corrected chi connectivity index (χ4v) is 5.99. The van der Waals surface area contributed by atoms with E-state index in [9.17, 15) is 10.2 Å². The van der Waals surface area contributed by atoms with E-state index in [1.165, 1.54) is 31.6 Å². The third-order valence-electron chi connectivity index (χ3n) is 7.32. The summed E-state index contributed by atoms with van der Waals surface area (Å²) in [4.78, 5) is 0. The van der Waals surface area contributed by atoms with E-state index in [0.29, 0.717) is 23.0 Å². The Morgan fingerprint density at radius 2 is 1.70 bits per heavy atom. The molecule has 150 valence electrons. The molecule has 2 N–H and O–H groups in total. The maximum absolute atomic E-state index is 11.5. The molecule has 1 aromatic carbocycles. The fourth-order valence-electron chi connectivity index (χ4n) is 5.99. The lowest BCUT2D eigenvalue weighted by Crippen LogP contribution is -2.50. The summed E-state index contributed by atoms with van der Waals surface area (Å²) in [5.74, 6) is 1.52. The zero-order valence-electron chi connectivity index (χ0n) is 17.5. The average molecular weight is 375 g/mol. The topological polar surface area (TPSA) is 58.9 Å². The van der Waals surface area contributed by atoms with Gasteiger partial charge >= 0.3 is 0 Å². The monoisotopic (exact) mass is 374 g/mol. The normalized spacial score (nSPS) is 30.9. The highest BCUT2D eigenvalue weighted by molar-refractivity contribution is 5.51. The van der Waals surface area contributed by atoms with Crippen molar-refractivity contribution in [3.63, 3.8) is 0 Å². The van der Waals surface area contributed by atoms with Crippen LogP contribution in [0.1, 0.15) is 65.0 Å². The molecule has 2 aliphatic rings. The Kier molecular flexibility index (Phi) is 5.24. The zero-order valence-corrected chi connectivity index (χ0v) is 17.5. The number of aliphatic hydroxyl groups is 1. The summed E-state index contributed by atoms with van der Waals surface area (Å²) in [6, 6.07) is 3.25. The number of rotatable bonds is 4. The molecule has 0 aromatic heterocycles. The third kappa shape index (κ3) is 3.22. The molecule has 1 aromatic rings. The van der Waals surface area contributed by atoms with Gasteiger partial charge in [-0.2, -0.15) is 0 Å². The maximum atomic E-state index is 11.5. The van der Waals surface area contributed by atoms with E-state index < -0.39 is 6.10 Å². The largest absolute Gasteiger partial charge is 0.507 e. The molecule has 0 amide bonds. The van der Waals surface area contributed by atoms with Gasteiger partial charge in [-0.3, -0.25) is 0 Å². The van der Waals surface area contributed by atoms with Crippen molar-refractivity contribution in [1.29, 1.82) is 0 Å². The smallest absolute Gasteiger partial charge is 0.164 e. The number of benzene rings is 1. The van der Waals surface area contributed by atoms with Crippen LogP contribution in [-0.2, 0) is 0 Å². The van der Waals surface area contributed by atoms with Crippen LogP contribution in [0.15, 0.2) is 23.8 Å². The predicted molar refractivity (Wildman–Crippen MR) is 107 cm³/mol. The second kappa shape index (κ2) is 7.05. The standard InChI is InChI=1S/C23H34O4/c1-14-8-9-19-22(2,3)10-7-11-23(19,4)20(14)21(25)15-12-17(26-5)18(27-6)13-16(15)24/h8,12-13,19-21,24-25H,7,9-11H2,1-6H3/t19-,20?,21?,23-/m0/s1. The van der Waals surface area contributed by atoms with Crippen molar-refractivity contribution >= 4 is 0 Å². The van der Waals surface area contributed by atoms with Gasteiger partial charge in [-0.25, -0.2) is 0 Å². The molecule has 0 heterocycles. The van der Waals surface area contributed by atoms with Crippen LogP contribution in [0, 0.1) is 22.7 Å².